The van der Waals surface area contributed by atoms with Crippen LogP contribution < -0.4 is 10.5 Å². The maximum Gasteiger partial charge on any atom is 0.574 e. The number of hydrogen-bond acceptors (Lipinski definition) is 3. The van der Waals surface area contributed by atoms with Crippen molar-refractivity contribution in [2.45, 2.75) is 19.3 Å². The summed E-state index contributed by atoms with van der Waals surface area (Å²) in [6.45, 7) is -0.294. The average Bonchev–Trinajstić information content (AvgIpc) is 2.17. The summed E-state index contributed by atoms with van der Waals surface area (Å²) in [7, 11) is 0. The van der Waals surface area contributed by atoms with E-state index in [1.807, 2.05) is 0 Å². The second-order valence-corrected chi connectivity index (χ2v) is 4.03. The Morgan fingerprint density at radius 1 is 1.41 bits per heavy atom. The van der Waals surface area contributed by atoms with Crippen molar-refractivity contribution in [3.63, 3.8) is 0 Å². The molecule has 1 rings (SSSR count). The first-order valence-corrected chi connectivity index (χ1v) is 5.25. The Morgan fingerprint density at radius 2 is 2.00 bits per heavy atom. The van der Waals surface area contributed by atoms with Gasteiger partial charge in [-0.15, -0.1) is 13.2 Å². The molecule has 0 atom stereocenters. The Labute approximate surface area is 106 Å². The molecule has 0 aliphatic carbocycles. The predicted molar refractivity (Wildman–Crippen MR) is 56.5 cm³/mol. The average molecular weight is 368 g/mol. The quantitative estimate of drug-likeness (QED) is 0.659. The summed E-state index contributed by atoms with van der Waals surface area (Å²) >= 11 is 1.54. The van der Waals surface area contributed by atoms with Gasteiger partial charge >= 0.3 is 6.36 Å². The molecule has 3 nitrogen and oxygen atoms in total. The van der Waals surface area contributed by atoms with Crippen molar-refractivity contribution >= 4 is 22.6 Å². The van der Waals surface area contributed by atoms with Crippen LogP contribution in [0.15, 0.2) is 6.07 Å². The van der Waals surface area contributed by atoms with Crippen LogP contribution in [0.1, 0.15) is 17.7 Å². The molecule has 0 spiro atoms. The summed E-state index contributed by atoms with van der Waals surface area (Å²) in [6.07, 6.45) is -7.98. The van der Waals surface area contributed by atoms with Crippen molar-refractivity contribution < 1.29 is 26.7 Å². The van der Waals surface area contributed by atoms with Crippen molar-refractivity contribution in [3.8, 4) is 5.88 Å². The molecule has 0 bridgehead atoms. The minimum Gasteiger partial charge on any atom is -0.388 e. The van der Waals surface area contributed by atoms with E-state index in [-0.39, 0.29) is 15.7 Å². The maximum atomic E-state index is 12.4. The Morgan fingerprint density at radius 3 is 2.41 bits per heavy atom. The molecule has 1 aromatic rings. The molecule has 0 fully saturated rings. The van der Waals surface area contributed by atoms with Crippen LogP contribution in [0, 0.1) is 3.57 Å². The van der Waals surface area contributed by atoms with Gasteiger partial charge in [0, 0.05) is 15.7 Å². The standard InChI is InChI=1S/C8H6F5IN2O/c9-6(10)5-4(14)1-3(2-15)7(16-5)17-8(11,12)13/h1,6H,2,15H2. The Bertz CT molecular complexity index is 410. The van der Waals surface area contributed by atoms with Gasteiger partial charge in [0.2, 0.25) is 5.88 Å². The zero-order valence-electron chi connectivity index (χ0n) is 8.06. The number of nitrogens with two attached hydrogens (primary N) is 1. The highest BCUT2D eigenvalue weighted by molar-refractivity contribution is 14.1. The SMILES string of the molecule is NCc1cc(I)c(C(F)F)nc1OC(F)(F)F. The number of alkyl halides is 5. The highest BCUT2D eigenvalue weighted by Gasteiger charge is 2.33. The zero-order chi connectivity index (χ0) is 13.2. The molecule has 2 N–H and O–H groups in total. The third kappa shape index (κ3) is 3.91. The number of halogens is 6. The third-order valence-electron chi connectivity index (χ3n) is 1.68. The van der Waals surface area contributed by atoms with Gasteiger partial charge in [0.1, 0.15) is 5.69 Å². The molecular weight excluding hydrogens is 362 g/mol. The molecule has 1 heterocycles. The summed E-state index contributed by atoms with van der Waals surface area (Å²) in [5, 5.41) is 0. The van der Waals surface area contributed by atoms with Gasteiger partial charge in [-0.3, -0.25) is 0 Å². The minimum absolute atomic E-state index is 0.0348. The van der Waals surface area contributed by atoms with Crippen LogP contribution in [-0.2, 0) is 6.54 Å². The van der Waals surface area contributed by atoms with Gasteiger partial charge < -0.3 is 10.5 Å². The molecule has 1 aromatic heterocycles. The van der Waals surface area contributed by atoms with E-state index in [1.165, 1.54) is 0 Å². The van der Waals surface area contributed by atoms with E-state index in [4.69, 9.17) is 5.73 Å². The highest BCUT2D eigenvalue weighted by Crippen LogP contribution is 2.30. The lowest BCUT2D eigenvalue weighted by Gasteiger charge is -2.13. The molecule has 0 aromatic carbocycles. The molecule has 9 heteroatoms. The molecule has 0 radical (unpaired) electrons. The summed E-state index contributed by atoms with van der Waals surface area (Å²) in [5.41, 5.74) is 4.34. The normalized spacial score (nSPS) is 12.0. The molecule has 0 aliphatic heterocycles. The Hall–Kier alpha value is -0.710. The minimum atomic E-state index is -5.00. The largest absolute Gasteiger partial charge is 0.574 e. The van der Waals surface area contributed by atoms with Gasteiger partial charge in [-0.05, 0) is 28.7 Å². The monoisotopic (exact) mass is 368 g/mol. The van der Waals surface area contributed by atoms with E-state index in [9.17, 15) is 22.0 Å². The molecule has 0 unspecified atom stereocenters. The molecule has 0 saturated carbocycles. The van der Waals surface area contributed by atoms with Gasteiger partial charge in [0.15, 0.2) is 0 Å². The lowest BCUT2D eigenvalue weighted by Crippen LogP contribution is -2.20. The summed E-state index contributed by atoms with van der Waals surface area (Å²) in [5.74, 6) is -0.935. The topological polar surface area (TPSA) is 48.1 Å². The van der Waals surface area contributed by atoms with E-state index >= 15 is 0 Å². The number of rotatable bonds is 3. The molecule has 96 valence electrons. The molecule has 0 amide bonds. The third-order valence-corrected chi connectivity index (χ3v) is 2.55. The summed E-state index contributed by atoms with van der Waals surface area (Å²) in [6, 6.07) is 1.09. The van der Waals surface area contributed by atoms with Crippen LogP contribution in [0.4, 0.5) is 22.0 Å². The van der Waals surface area contributed by atoms with Gasteiger partial charge in [0.25, 0.3) is 6.43 Å². The fraction of sp³-hybridized carbons (Fsp3) is 0.375. The van der Waals surface area contributed by atoms with Gasteiger partial charge in [0.05, 0.1) is 0 Å². The van der Waals surface area contributed by atoms with Crippen molar-refractivity contribution in [1.29, 1.82) is 0 Å². The Balaban J connectivity index is 3.22. The molecule has 0 saturated heterocycles. The fourth-order valence-electron chi connectivity index (χ4n) is 1.02. The van der Waals surface area contributed by atoms with Crippen LogP contribution in [0.25, 0.3) is 0 Å². The van der Waals surface area contributed by atoms with Crippen molar-refractivity contribution in [2.24, 2.45) is 5.73 Å². The van der Waals surface area contributed by atoms with Gasteiger partial charge in [-0.25, -0.2) is 13.8 Å². The van der Waals surface area contributed by atoms with Crippen LogP contribution >= 0.6 is 22.6 Å². The van der Waals surface area contributed by atoms with E-state index in [2.05, 4.69) is 9.72 Å². The first-order valence-electron chi connectivity index (χ1n) is 4.18. The fourth-order valence-corrected chi connectivity index (χ4v) is 1.75. The lowest BCUT2D eigenvalue weighted by atomic mass is 10.2. The second-order valence-electron chi connectivity index (χ2n) is 2.87. The number of pyridine rings is 1. The van der Waals surface area contributed by atoms with Crippen molar-refractivity contribution in [1.82, 2.24) is 4.98 Å². The van der Waals surface area contributed by atoms with E-state index in [0.29, 0.717) is 0 Å². The van der Waals surface area contributed by atoms with Gasteiger partial charge in [-0.1, -0.05) is 0 Å². The maximum absolute atomic E-state index is 12.4. The van der Waals surface area contributed by atoms with Crippen molar-refractivity contribution in [3.05, 3.63) is 20.9 Å². The Kier molecular flexibility index (Phi) is 4.47. The number of nitrogens with zero attached hydrogens (tertiary/aromatic N) is 1. The molecule has 17 heavy (non-hydrogen) atoms. The van der Waals surface area contributed by atoms with Crippen LogP contribution in [0.3, 0.4) is 0 Å². The molecular formula is C8H6F5IN2O. The van der Waals surface area contributed by atoms with Crippen LogP contribution in [-0.4, -0.2) is 11.3 Å². The van der Waals surface area contributed by atoms with Crippen LogP contribution in [0.5, 0.6) is 5.88 Å². The second kappa shape index (κ2) is 5.29. The van der Waals surface area contributed by atoms with Crippen molar-refractivity contribution in [2.75, 3.05) is 0 Å². The van der Waals surface area contributed by atoms with E-state index < -0.39 is 24.4 Å². The number of ether oxygens (including phenoxy) is 1. The summed E-state index contributed by atoms with van der Waals surface area (Å²) in [4.78, 5) is 3.15. The van der Waals surface area contributed by atoms with E-state index in [1.54, 1.807) is 22.6 Å². The van der Waals surface area contributed by atoms with Crippen LogP contribution in [0.2, 0.25) is 0 Å². The smallest absolute Gasteiger partial charge is 0.388 e. The first-order chi connectivity index (χ1) is 7.74. The number of aromatic nitrogens is 1. The van der Waals surface area contributed by atoms with E-state index in [0.717, 1.165) is 6.07 Å². The lowest BCUT2D eigenvalue weighted by molar-refractivity contribution is -0.276. The highest BCUT2D eigenvalue weighted by atomic mass is 127. The summed E-state index contributed by atoms with van der Waals surface area (Å²) < 4.78 is 64.5. The van der Waals surface area contributed by atoms with Gasteiger partial charge in [-0.2, -0.15) is 0 Å². The first kappa shape index (κ1) is 14.4. The predicted octanol–water partition coefficient (Wildman–Crippen LogP) is 2.98. The number of hydrogen-bond donors (Lipinski definition) is 1. The zero-order valence-corrected chi connectivity index (χ0v) is 10.2. The molecule has 0 aliphatic rings.